The lowest BCUT2D eigenvalue weighted by Crippen LogP contribution is -2.67. The third-order valence-electron chi connectivity index (χ3n) is 5.20. The van der Waals surface area contributed by atoms with Gasteiger partial charge in [0.15, 0.2) is 0 Å². The van der Waals surface area contributed by atoms with Crippen LogP contribution in [0.5, 0.6) is 0 Å². The molecule has 2 atom stereocenters. The number of hydrogen-bond acceptors (Lipinski definition) is 3. The Morgan fingerprint density at radius 2 is 1.73 bits per heavy atom. The molecule has 0 unspecified atom stereocenters. The van der Waals surface area contributed by atoms with Crippen LogP contribution >= 0.6 is 22.6 Å². The summed E-state index contributed by atoms with van der Waals surface area (Å²) in [4.78, 5) is 11.6. The molecule has 1 amide bonds. The average Bonchev–Trinajstić information content (AvgIpc) is 2.58. The molecule has 2 aromatic rings. The molecule has 0 aliphatic heterocycles. The Balaban J connectivity index is 2.29. The largest absolute Gasteiger partial charge is 0.465 e. The second kappa shape index (κ2) is 10.0. The van der Waals surface area contributed by atoms with Crippen molar-refractivity contribution in [2.75, 3.05) is 6.54 Å². The number of benzene rings is 2. The maximum Gasteiger partial charge on any atom is 0.405 e. The molecule has 0 bridgehead atoms. The number of aliphatic hydroxyl groups excluding tert-OH is 1. The Bertz CT molecular complexity index is 869. The van der Waals surface area contributed by atoms with Crippen molar-refractivity contribution >= 4 is 28.7 Å². The molecule has 0 aliphatic carbocycles. The van der Waals surface area contributed by atoms with E-state index >= 15 is 0 Å². The molecule has 8 heteroatoms. The third kappa shape index (κ3) is 6.36. The van der Waals surface area contributed by atoms with Crippen molar-refractivity contribution in [3.63, 3.8) is 0 Å². The van der Waals surface area contributed by atoms with Crippen molar-refractivity contribution in [1.82, 2.24) is 10.6 Å². The summed E-state index contributed by atoms with van der Waals surface area (Å²) < 4.78 is 28.5. The van der Waals surface area contributed by atoms with Gasteiger partial charge in [0.2, 0.25) is 0 Å². The fourth-order valence-electron chi connectivity index (χ4n) is 3.60. The van der Waals surface area contributed by atoms with Crippen LogP contribution in [0.4, 0.5) is 13.6 Å². The highest BCUT2D eigenvalue weighted by Gasteiger charge is 2.49. The van der Waals surface area contributed by atoms with Crippen LogP contribution in [0.2, 0.25) is 0 Å². The van der Waals surface area contributed by atoms with Gasteiger partial charge in [-0.1, -0.05) is 32.9 Å². The Hall–Kier alpha value is -1.78. The van der Waals surface area contributed by atoms with Gasteiger partial charge in [0, 0.05) is 22.7 Å². The van der Waals surface area contributed by atoms with Crippen molar-refractivity contribution in [2.45, 2.75) is 45.4 Å². The predicted octanol–water partition coefficient (Wildman–Crippen LogP) is 4.32. The number of rotatable bonds is 8. The summed E-state index contributed by atoms with van der Waals surface area (Å²) in [5.41, 5.74) is -0.879. The Kier molecular flexibility index (Phi) is 8.18. The van der Waals surface area contributed by atoms with Gasteiger partial charge in [-0.3, -0.25) is 0 Å². The summed E-state index contributed by atoms with van der Waals surface area (Å²) in [5.74, 6) is -1.51. The van der Waals surface area contributed by atoms with Crippen LogP contribution in [0.3, 0.4) is 0 Å². The lowest BCUT2D eigenvalue weighted by atomic mass is 9.66. The molecule has 0 saturated heterocycles. The van der Waals surface area contributed by atoms with Gasteiger partial charge < -0.3 is 20.8 Å². The number of nitrogens with one attached hydrogen (secondary N) is 2. The highest BCUT2D eigenvalue weighted by Crippen LogP contribution is 2.37. The number of aliphatic hydroxyl groups is 1. The zero-order valence-corrected chi connectivity index (χ0v) is 19.3. The van der Waals surface area contributed by atoms with Gasteiger partial charge in [-0.25, -0.2) is 13.6 Å². The number of carbonyl (C=O) groups is 1. The van der Waals surface area contributed by atoms with Crippen molar-refractivity contribution in [2.24, 2.45) is 5.41 Å². The monoisotopic (exact) mass is 532 g/mol. The normalized spacial score (nSPS) is 14.8. The van der Waals surface area contributed by atoms with E-state index in [1.165, 1.54) is 0 Å². The first kappa shape index (κ1) is 24.5. The van der Waals surface area contributed by atoms with E-state index in [0.29, 0.717) is 6.54 Å². The van der Waals surface area contributed by atoms with Gasteiger partial charge in [-0.15, -0.1) is 0 Å². The van der Waals surface area contributed by atoms with Crippen LogP contribution in [0.25, 0.3) is 0 Å². The lowest BCUT2D eigenvalue weighted by molar-refractivity contribution is -0.00893. The summed E-state index contributed by atoms with van der Waals surface area (Å²) in [6.07, 6.45) is -2.56. The second-order valence-corrected chi connectivity index (χ2v) is 9.63. The number of carboxylic acid groups (broad SMARTS) is 1. The average molecular weight is 532 g/mol. The molecule has 2 aromatic carbocycles. The van der Waals surface area contributed by atoms with E-state index in [1.807, 2.05) is 24.3 Å². The lowest BCUT2D eigenvalue weighted by Gasteiger charge is -2.48. The molecule has 5 nitrogen and oxygen atoms in total. The molecular weight excluding hydrogens is 505 g/mol. The van der Waals surface area contributed by atoms with Gasteiger partial charge in [0.25, 0.3) is 0 Å². The first-order valence-corrected chi connectivity index (χ1v) is 10.6. The SMILES string of the molecule is CC(C)(C)[C@](Cc1cc(F)cc(F)c1)(NC(=O)O)[C@H](O)CNCc1cccc(I)c1. The van der Waals surface area contributed by atoms with Crippen LogP contribution in [0, 0.1) is 20.6 Å². The fourth-order valence-corrected chi connectivity index (χ4v) is 4.21. The molecule has 2 rings (SSSR count). The molecule has 0 radical (unpaired) electrons. The van der Waals surface area contributed by atoms with Crippen LogP contribution in [-0.2, 0) is 13.0 Å². The first-order chi connectivity index (χ1) is 13.9. The molecule has 0 spiro atoms. The minimum atomic E-state index is -1.39. The summed E-state index contributed by atoms with van der Waals surface area (Å²) in [6.45, 7) is 5.90. The standard InChI is InChI=1S/C22H27F2IN2O3/c1-21(2,3)22(27-20(29)30,11-15-7-16(23)10-17(24)8-15)19(28)13-26-12-14-5-4-6-18(25)9-14/h4-10,19,26-28H,11-13H2,1-3H3,(H,29,30)/t19-,22-/m1/s1. The van der Waals surface area contributed by atoms with Crippen LogP contribution < -0.4 is 10.6 Å². The molecule has 0 aliphatic rings. The van der Waals surface area contributed by atoms with Gasteiger partial charge in [-0.05, 0) is 69.8 Å². The Morgan fingerprint density at radius 3 is 2.27 bits per heavy atom. The van der Waals surface area contributed by atoms with E-state index in [0.717, 1.165) is 27.3 Å². The zero-order valence-electron chi connectivity index (χ0n) is 17.2. The highest BCUT2D eigenvalue weighted by molar-refractivity contribution is 14.1. The van der Waals surface area contributed by atoms with Gasteiger partial charge in [0.1, 0.15) is 11.6 Å². The van der Waals surface area contributed by atoms with Crippen LogP contribution in [-0.4, -0.2) is 34.5 Å². The Morgan fingerprint density at radius 1 is 1.10 bits per heavy atom. The quantitative estimate of drug-likeness (QED) is 0.382. The maximum atomic E-state index is 13.7. The van der Waals surface area contributed by atoms with Gasteiger partial charge in [-0.2, -0.15) is 0 Å². The molecular formula is C22H27F2IN2O3. The molecule has 0 fully saturated rings. The van der Waals surface area contributed by atoms with Crippen molar-refractivity contribution in [3.8, 4) is 0 Å². The Labute approximate surface area is 189 Å². The maximum absolute atomic E-state index is 13.7. The molecule has 0 heterocycles. The van der Waals surface area contributed by atoms with E-state index in [4.69, 9.17) is 0 Å². The summed E-state index contributed by atoms with van der Waals surface area (Å²) in [5, 5.41) is 26.2. The molecule has 0 aromatic heterocycles. The van der Waals surface area contributed by atoms with E-state index in [1.54, 1.807) is 20.8 Å². The fraction of sp³-hybridized carbons (Fsp3) is 0.409. The van der Waals surface area contributed by atoms with E-state index in [-0.39, 0.29) is 18.5 Å². The predicted molar refractivity (Wildman–Crippen MR) is 120 cm³/mol. The topological polar surface area (TPSA) is 81.6 Å². The summed E-state index contributed by atoms with van der Waals surface area (Å²) in [7, 11) is 0. The smallest absolute Gasteiger partial charge is 0.405 e. The van der Waals surface area contributed by atoms with E-state index in [2.05, 4.69) is 33.2 Å². The summed E-state index contributed by atoms with van der Waals surface area (Å²) in [6, 6.07) is 10.9. The molecule has 0 saturated carbocycles. The van der Waals surface area contributed by atoms with Crippen LogP contribution in [0.15, 0.2) is 42.5 Å². The number of amides is 1. The number of hydrogen-bond donors (Lipinski definition) is 4. The van der Waals surface area contributed by atoms with E-state index in [9.17, 15) is 23.8 Å². The second-order valence-electron chi connectivity index (χ2n) is 8.38. The minimum Gasteiger partial charge on any atom is -0.465 e. The zero-order chi connectivity index (χ0) is 22.5. The van der Waals surface area contributed by atoms with Crippen molar-refractivity contribution < 1.29 is 23.8 Å². The van der Waals surface area contributed by atoms with Gasteiger partial charge in [0.05, 0.1) is 11.6 Å². The van der Waals surface area contributed by atoms with Crippen molar-refractivity contribution in [3.05, 3.63) is 68.8 Å². The first-order valence-electron chi connectivity index (χ1n) is 9.52. The van der Waals surface area contributed by atoms with E-state index < -0.39 is 34.8 Å². The van der Waals surface area contributed by atoms with Gasteiger partial charge >= 0.3 is 6.09 Å². The third-order valence-corrected chi connectivity index (χ3v) is 5.87. The molecule has 164 valence electrons. The van der Waals surface area contributed by atoms with Crippen molar-refractivity contribution in [1.29, 1.82) is 0 Å². The molecule has 30 heavy (non-hydrogen) atoms. The molecule has 4 N–H and O–H groups in total. The highest BCUT2D eigenvalue weighted by atomic mass is 127. The summed E-state index contributed by atoms with van der Waals surface area (Å²) >= 11 is 2.21. The minimum absolute atomic E-state index is 0.0798. The van der Waals surface area contributed by atoms with Crippen LogP contribution in [0.1, 0.15) is 31.9 Å². The number of halogens is 3.